The number of fused-ring (bicyclic) bond motifs is 2. The van der Waals surface area contributed by atoms with Crippen molar-refractivity contribution in [2.24, 2.45) is 5.41 Å². The summed E-state index contributed by atoms with van der Waals surface area (Å²) in [7, 11) is 0. The van der Waals surface area contributed by atoms with Gasteiger partial charge in [-0.1, -0.05) is 31.5 Å². The molecule has 1 aromatic heterocycles. The Kier molecular flexibility index (Phi) is 4.14. The molecule has 0 saturated heterocycles. The second-order valence-corrected chi connectivity index (χ2v) is 9.62. The molecule has 1 unspecified atom stereocenters. The van der Waals surface area contributed by atoms with Gasteiger partial charge in [-0.05, 0) is 53.8 Å². The highest BCUT2D eigenvalue weighted by Gasteiger charge is 2.42. The zero-order valence-corrected chi connectivity index (χ0v) is 18.4. The smallest absolute Gasteiger partial charge is 0.231 e. The average molecular weight is 449 g/mol. The number of aromatic nitrogens is 3. The van der Waals surface area contributed by atoms with Crippen LogP contribution in [0.1, 0.15) is 38.3 Å². The molecule has 8 heteroatoms. The van der Waals surface area contributed by atoms with E-state index in [0.29, 0.717) is 34.7 Å². The lowest BCUT2D eigenvalue weighted by Gasteiger charge is -2.38. The molecule has 0 fully saturated rings. The molecule has 0 spiro atoms. The van der Waals surface area contributed by atoms with Gasteiger partial charge in [0.1, 0.15) is 6.04 Å². The van der Waals surface area contributed by atoms with E-state index in [1.807, 2.05) is 42.5 Å². The summed E-state index contributed by atoms with van der Waals surface area (Å²) in [4.78, 5) is 18.1. The minimum absolute atomic E-state index is 0.121. The van der Waals surface area contributed by atoms with Crippen LogP contribution in [0.3, 0.4) is 0 Å². The fraction of sp³-hybridized carbons (Fsp3) is 0.292. The van der Waals surface area contributed by atoms with E-state index in [2.05, 4.69) is 19.2 Å². The first-order valence-electron chi connectivity index (χ1n) is 10.5. The SMILES string of the molecule is CC1(C)CC(=O)C2=C(C1)Nc1nc(-c3ccc(Cl)cc3)nn1C2c1ccc2c(c1)OCO2. The Hall–Kier alpha value is -3.32. The van der Waals surface area contributed by atoms with E-state index in [1.165, 1.54) is 0 Å². The second-order valence-electron chi connectivity index (χ2n) is 9.18. The molecule has 0 bridgehead atoms. The van der Waals surface area contributed by atoms with Crippen molar-refractivity contribution in [3.05, 3.63) is 64.3 Å². The molecule has 1 atom stereocenters. The Morgan fingerprint density at radius 1 is 1.09 bits per heavy atom. The minimum Gasteiger partial charge on any atom is -0.454 e. The number of carbonyl (C=O) groups is 1. The van der Waals surface area contributed by atoms with Gasteiger partial charge in [-0.25, -0.2) is 4.68 Å². The van der Waals surface area contributed by atoms with Crippen LogP contribution in [-0.4, -0.2) is 27.3 Å². The predicted octanol–water partition coefficient (Wildman–Crippen LogP) is 4.99. The predicted molar refractivity (Wildman–Crippen MR) is 120 cm³/mol. The van der Waals surface area contributed by atoms with Crippen molar-refractivity contribution >= 4 is 23.3 Å². The molecule has 1 aliphatic carbocycles. The van der Waals surface area contributed by atoms with Gasteiger partial charge >= 0.3 is 0 Å². The number of rotatable bonds is 2. The summed E-state index contributed by atoms with van der Waals surface area (Å²) >= 11 is 6.05. The molecule has 0 saturated carbocycles. The van der Waals surface area contributed by atoms with Crippen LogP contribution in [0.15, 0.2) is 53.7 Å². The van der Waals surface area contributed by atoms with Crippen molar-refractivity contribution in [1.29, 1.82) is 0 Å². The van der Waals surface area contributed by atoms with E-state index in [0.717, 1.165) is 28.8 Å². The molecular formula is C24H21ClN4O3. The van der Waals surface area contributed by atoms with Gasteiger partial charge in [0, 0.05) is 28.3 Å². The number of Topliss-reactive ketones (excluding diaryl/α,β-unsaturated/α-hetero) is 1. The largest absolute Gasteiger partial charge is 0.454 e. The van der Waals surface area contributed by atoms with E-state index < -0.39 is 6.04 Å². The van der Waals surface area contributed by atoms with Gasteiger partial charge in [0.15, 0.2) is 23.1 Å². The molecule has 1 N–H and O–H groups in total. The van der Waals surface area contributed by atoms with Crippen LogP contribution in [0.4, 0.5) is 5.95 Å². The number of hydrogen-bond donors (Lipinski definition) is 1. The number of hydrogen-bond acceptors (Lipinski definition) is 6. The molecule has 2 aromatic carbocycles. The highest BCUT2D eigenvalue weighted by Crippen LogP contribution is 2.47. The van der Waals surface area contributed by atoms with Crippen LogP contribution >= 0.6 is 11.6 Å². The maximum Gasteiger partial charge on any atom is 0.231 e. The van der Waals surface area contributed by atoms with Gasteiger partial charge < -0.3 is 14.8 Å². The maximum absolute atomic E-state index is 13.4. The maximum atomic E-state index is 13.4. The molecular weight excluding hydrogens is 428 g/mol. The summed E-state index contributed by atoms with van der Waals surface area (Å²) < 4.78 is 12.9. The number of benzene rings is 2. The van der Waals surface area contributed by atoms with E-state index in [1.54, 1.807) is 4.68 Å². The Balaban J connectivity index is 1.52. The quantitative estimate of drug-likeness (QED) is 0.595. The average Bonchev–Trinajstić information content (AvgIpc) is 3.38. The molecule has 162 valence electrons. The molecule has 0 amide bonds. The van der Waals surface area contributed by atoms with Crippen LogP contribution in [0.5, 0.6) is 11.5 Å². The lowest BCUT2D eigenvalue weighted by molar-refractivity contribution is -0.118. The number of ketones is 1. The zero-order chi connectivity index (χ0) is 22.0. The molecule has 3 aliphatic rings. The summed E-state index contributed by atoms with van der Waals surface area (Å²) in [5.41, 5.74) is 3.29. The van der Waals surface area contributed by atoms with Gasteiger partial charge in [-0.15, -0.1) is 5.10 Å². The van der Waals surface area contributed by atoms with E-state index >= 15 is 0 Å². The van der Waals surface area contributed by atoms with Gasteiger partial charge in [0.05, 0.1) is 0 Å². The standard InChI is InChI=1S/C24H21ClN4O3/c1-24(2)10-16-20(17(30)11-24)21(14-5-8-18-19(9-14)32-12-31-18)29-23(26-16)27-22(28-29)13-3-6-15(25)7-4-13/h3-9,21H,10-12H2,1-2H3,(H,26,27,28). The highest BCUT2D eigenvalue weighted by atomic mass is 35.5. The fourth-order valence-electron chi connectivity index (χ4n) is 4.72. The lowest BCUT2D eigenvalue weighted by Crippen LogP contribution is -2.36. The van der Waals surface area contributed by atoms with E-state index in [-0.39, 0.29) is 18.0 Å². The van der Waals surface area contributed by atoms with Crippen molar-refractivity contribution in [3.8, 4) is 22.9 Å². The summed E-state index contributed by atoms with van der Waals surface area (Å²) in [6.45, 7) is 4.43. The van der Waals surface area contributed by atoms with Gasteiger partial charge in [-0.2, -0.15) is 4.98 Å². The summed E-state index contributed by atoms with van der Waals surface area (Å²) in [6.07, 6.45) is 1.25. The molecule has 32 heavy (non-hydrogen) atoms. The van der Waals surface area contributed by atoms with Crippen molar-refractivity contribution in [2.75, 3.05) is 12.1 Å². The third-order valence-electron chi connectivity index (χ3n) is 6.15. The van der Waals surface area contributed by atoms with Crippen molar-refractivity contribution < 1.29 is 14.3 Å². The normalized spacial score (nSPS) is 20.6. The number of nitrogens with one attached hydrogen (secondary N) is 1. The number of nitrogens with zero attached hydrogens (tertiary/aromatic N) is 3. The first kappa shape index (κ1) is 19.4. The molecule has 7 nitrogen and oxygen atoms in total. The molecule has 3 aromatic rings. The molecule has 0 radical (unpaired) electrons. The number of anilines is 1. The van der Waals surface area contributed by atoms with Gasteiger partial charge in [0.25, 0.3) is 0 Å². The molecule has 3 heterocycles. The van der Waals surface area contributed by atoms with Crippen LogP contribution < -0.4 is 14.8 Å². The summed E-state index contributed by atoms with van der Waals surface area (Å²) in [6, 6.07) is 12.8. The number of allylic oxidation sites excluding steroid dienone is 2. The summed E-state index contributed by atoms with van der Waals surface area (Å²) in [5.74, 6) is 2.68. The zero-order valence-electron chi connectivity index (χ0n) is 17.7. The minimum atomic E-state index is -0.395. The van der Waals surface area contributed by atoms with Crippen LogP contribution in [0.2, 0.25) is 5.02 Å². The molecule has 2 aliphatic heterocycles. The Labute approximate surface area is 190 Å². The molecule has 6 rings (SSSR count). The number of carbonyl (C=O) groups excluding carboxylic acids is 1. The Bertz CT molecular complexity index is 1290. The van der Waals surface area contributed by atoms with Crippen LogP contribution in [0, 0.1) is 5.41 Å². The second kappa shape index (κ2) is 6.84. The first-order valence-corrected chi connectivity index (χ1v) is 10.9. The van der Waals surface area contributed by atoms with Crippen molar-refractivity contribution in [3.63, 3.8) is 0 Å². The summed E-state index contributed by atoms with van der Waals surface area (Å²) in [5, 5.41) is 8.86. The topological polar surface area (TPSA) is 78.3 Å². The third-order valence-corrected chi connectivity index (χ3v) is 6.40. The van der Waals surface area contributed by atoms with Crippen LogP contribution in [0.25, 0.3) is 11.4 Å². The number of ether oxygens (including phenoxy) is 2. The lowest BCUT2D eigenvalue weighted by atomic mass is 9.73. The highest BCUT2D eigenvalue weighted by molar-refractivity contribution is 6.30. The fourth-order valence-corrected chi connectivity index (χ4v) is 4.85. The van der Waals surface area contributed by atoms with E-state index in [9.17, 15) is 4.79 Å². The Morgan fingerprint density at radius 2 is 1.88 bits per heavy atom. The van der Waals surface area contributed by atoms with Crippen LogP contribution in [-0.2, 0) is 4.79 Å². The van der Waals surface area contributed by atoms with E-state index in [4.69, 9.17) is 31.2 Å². The van der Waals surface area contributed by atoms with Crippen molar-refractivity contribution in [1.82, 2.24) is 14.8 Å². The number of halogens is 1. The van der Waals surface area contributed by atoms with Crippen molar-refractivity contribution in [2.45, 2.75) is 32.7 Å². The first-order chi connectivity index (χ1) is 15.4. The van der Waals surface area contributed by atoms with Gasteiger partial charge in [-0.3, -0.25) is 4.79 Å². The third kappa shape index (κ3) is 3.07. The Morgan fingerprint density at radius 3 is 2.69 bits per heavy atom. The monoisotopic (exact) mass is 448 g/mol. The van der Waals surface area contributed by atoms with Gasteiger partial charge in [0.2, 0.25) is 12.7 Å².